The third-order valence-corrected chi connectivity index (χ3v) is 6.68. The van der Waals surface area contributed by atoms with E-state index in [1.165, 1.54) is 5.56 Å². The molecule has 196 valence electrons. The Labute approximate surface area is 236 Å². The summed E-state index contributed by atoms with van der Waals surface area (Å²) in [4.78, 5) is 9.24. The molecular formula is C36H32N4. The highest BCUT2D eigenvalue weighted by Crippen LogP contribution is 2.28. The van der Waals surface area contributed by atoms with Gasteiger partial charge in [0.25, 0.3) is 0 Å². The number of benzene rings is 4. The van der Waals surface area contributed by atoms with Gasteiger partial charge < -0.3 is 11.5 Å². The van der Waals surface area contributed by atoms with E-state index in [4.69, 9.17) is 16.5 Å². The molecular weight excluding hydrogens is 488 g/mol. The zero-order valence-electron chi connectivity index (χ0n) is 22.3. The van der Waals surface area contributed by atoms with Crippen molar-refractivity contribution in [3.05, 3.63) is 157 Å². The standard InChI is InChI=1S/2C18H16N2/c19-12-18-17(15-9-5-2-6-10-15)11-16(13-20-18)14-7-3-1-4-8-14;19-13-18-16(14-7-3-1-4-8-14)11-12-17(20-18)15-9-5-2-6-10-15/h1-11,13H,12,19H2;1-12H,13,19H2. The Hall–Kier alpha value is -4.90. The molecule has 40 heavy (non-hydrogen) atoms. The monoisotopic (exact) mass is 520 g/mol. The van der Waals surface area contributed by atoms with Crippen LogP contribution in [-0.4, -0.2) is 9.97 Å². The largest absolute Gasteiger partial charge is 0.325 e. The second-order valence-corrected chi connectivity index (χ2v) is 9.28. The number of pyridine rings is 2. The first-order valence-electron chi connectivity index (χ1n) is 13.4. The Morgan fingerprint density at radius 3 is 1.43 bits per heavy atom. The van der Waals surface area contributed by atoms with Crippen molar-refractivity contribution in [3.8, 4) is 44.6 Å². The van der Waals surface area contributed by atoms with Crippen molar-refractivity contribution in [2.75, 3.05) is 0 Å². The maximum atomic E-state index is 5.87. The Morgan fingerprint density at radius 1 is 0.425 bits per heavy atom. The molecule has 0 amide bonds. The summed E-state index contributed by atoms with van der Waals surface area (Å²) < 4.78 is 0. The molecule has 0 spiro atoms. The minimum atomic E-state index is 0.435. The first kappa shape index (κ1) is 26.7. The van der Waals surface area contributed by atoms with Gasteiger partial charge in [-0.25, -0.2) is 0 Å². The molecule has 4 heteroatoms. The molecule has 0 radical (unpaired) electrons. The molecule has 2 heterocycles. The predicted octanol–water partition coefficient (Wildman–Crippen LogP) is 7.75. The molecule has 6 aromatic rings. The lowest BCUT2D eigenvalue weighted by Gasteiger charge is -2.10. The molecule has 0 bridgehead atoms. The van der Waals surface area contributed by atoms with Gasteiger partial charge in [-0.3, -0.25) is 9.97 Å². The van der Waals surface area contributed by atoms with Crippen molar-refractivity contribution in [2.45, 2.75) is 13.1 Å². The van der Waals surface area contributed by atoms with Crippen LogP contribution in [0.2, 0.25) is 0 Å². The van der Waals surface area contributed by atoms with E-state index in [-0.39, 0.29) is 0 Å². The van der Waals surface area contributed by atoms with Crippen LogP contribution in [-0.2, 0) is 13.1 Å². The fraction of sp³-hybridized carbons (Fsp3) is 0.0556. The number of hydrogen-bond donors (Lipinski definition) is 2. The molecule has 0 atom stereocenters. The van der Waals surface area contributed by atoms with Crippen LogP contribution in [0.25, 0.3) is 44.6 Å². The summed E-state index contributed by atoms with van der Waals surface area (Å²) >= 11 is 0. The van der Waals surface area contributed by atoms with Crippen molar-refractivity contribution in [3.63, 3.8) is 0 Å². The zero-order valence-corrected chi connectivity index (χ0v) is 22.3. The number of nitrogens with zero attached hydrogens (tertiary/aromatic N) is 2. The fourth-order valence-electron chi connectivity index (χ4n) is 4.62. The first-order chi connectivity index (χ1) is 19.8. The Morgan fingerprint density at radius 2 is 0.900 bits per heavy atom. The first-order valence-corrected chi connectivity index (χ1v) is 13.4. The number of nitrogens with two attached hydrogens (primary N) is 2. The lowest BCUT2D eigenvalue weighted by molar-refractivity contribution is 0.995. The third-order valence-electron chi connectivity index (χ3n) is 6.68. The summed E-state index contributed by atoms with van der Waals surface area (Å²) in [6, 6.07) is 47.2. The highest BCUT2D eigenvalue weighted by molar-refractivity contribution is 5.74. The van der Waals surface area contributed by atoms with Crippen LogP contribution in [0.4, 0.5) is 0 Å². The van der Waals surface area contributed by atoms with Crippen LogP contribution >= 0.6 is 0 Å². The number of hydrogen-bond acceptors (Lipinski definition) is 4. The van der Waals surface area contributed by atoms with Gasteiger partial charge in [-0.15, -0.1) is 0 Å². The molecule has 0 aliphatic carbocycles. The van der Waals surface area contributed by atoms with Crippen molar-refractivity contribution in [1.82, 2.24) is 9.97 Å². The van der Waals surface area contributed by atoms with Gasteiger partial charge in [-0.2, -0.15) is 0 Å². The van der Waals surface area contributed by atoms with Crippen molar-refractivity contribution in [1.29, 1.82) is 0 Å². The summed E-state index contributed by atoms with van der Waals surface area (Å²) in [6.07, 6.45) is 1.89. The molecule has 4 nitrogen and oxygen atoms in total. The molecule has 0 saturated heterocycles. The van der Waals surface area contributed by atoms with Gasteiger partial charge in [0, 0.05) is 41.5 Å². The van der Waals surface area contributed by atoms with Crippen LogP contribution in [0.5, 0.6) is 0 Å². The van der Waals surface area contributed by atoms with Gasteiger partial charge in [0.05, 0.1) is 17.1 Å². The average Bonchev–Trinajstić information content (AvgIpc) is 3.06. The van der Waals surface area contributed by atoms with Crippen molar-refractivity contribution >= 4 is 0 Å². The van der Waals surface area contributed by atoms with Crippen LogP contribution < -0.4 is 11.5 Å². The van der Waals surface area contributed by atoms with Crippen LogP contribution in [0.3, 0.4) is 0 Å². The molecule has 2 aromatic heterocycles. The molecule has 0 aliphatic rings. The number of rotatable bonds is 6. The van der Waals surface area contributed by atoms with Crippen molar-refractivity contribution in [2.24, 2.45) is 11.5 Å². The summed E-state index contributed by atoms with van der Waals surface area (Å²) in [6.45, 7) is 0.879. The second kappa shape index (κ2) is 13.3. The van der Waals surface area contributed by atoms with E-state index < -0.39 is 0 Å². The van der Waals surface area contributed by atoms with Gasteiger partial charge >= 0.3 is 0 Å². The maximum Gasteiger partial charge on any atom is 0.0706 e. The smallest absolute Gasteiger partial charge is 0.0706 e. The minimum Gasteiger partial charge on any atom is -0.325 e. The number of aromatic nitrogens is 2. The normalized spacial score (nSPS) is 10.4. The summed E-state index contributed by atoms with van der Waals surface area (Å²) in [5.74, 6) is 0. The minimum absolute atomic E-state index is 0.435. The van der Waals surface area contributed by atoms with Crippen LogP contribution in [0, 0.1) is 0 Å². The highest BCUT2D eigenvalue weighted by Gasteiger charge is 2.09. The highest BCUT2D eigenvalue weighted by atomic mass is 14.8. The lowest BCUT2D eigenvalue weighted by atomic mass is 9.99. The summed E-state index contributed by atoms with van der Waals surface area (Å²) in [5.41, 5.74) is 22.4. The van der Waals surface area contributed by atoms with E-state index in [1.807, 2.05) is 79.0 Å². The molecule has 0 aliphatic heterocycles. The van der Waals surface area contributed by atoms with E-state index in [9.17, 15) is 0 Å². The quantitative estimate of drug-likeness (QED) is 0.235. The Balaban J connectivity index is 0.000000161. The van der Waals surface area contributed by atoms with Gasteiger partial charge in [-0.05, 0) is 28.8 Å². The molecule has 4 N–H and O–H groups in total. The van der Waals surface area contributed by atoms with Crippen LogP contribution in [0.1, 0.15) is 11.4 Å². The second-order valence-electron chi connectivity index (χ2n) is 9.28. The molecule has 0 saturated carbocycles. The molecule has 0 unspecified atom stereocenters. The fourth-order valence-corrected chi connectivity index (χ4v) is 4.62. The van der Waals surface area contributed by atoms with E-state index in [2.05, 4.69) is 71.7 Å². The lowest BCUT2D eigenvalue weighted by Crippen LogP contribution is -2.03. The van der Waals surface area contributed by atoms with Gasteiger partial charge in [-0.1, -0.05) is 127 Å². The maximum absolute atomic E-state index is 5.87. The van der Waals surface area contributed by atoms with Crippen molar-refractivity contribution < 1.29 is 0 Å². The topological polar surface area (TPSA) is 77.8 Å². The van der Waals surface area contributed by atoms with E-state index in [0.717, 1.165) is 50.5 Å². The molecule has 0 fully saturated rings. The summed E-state index contributed by atoms with van der Waals surface area (Å²) in [7, 11) is 0. The zero-order chi connectivity index (χ0) is 27.6. The van der Waals surface area contributed by atoms with E-state index in [1.54, 1.807) is 0 Å². The Kier molecular flexibility index (Phi) is 8.84. The summed E-state index contributed by atoms with van der Waals surface area (Å²) in [5, 5.41) is 0. The Bertz CT molecular complexity index is 1640. The van der Waals surface area contributed by atoms with Gasteiger partial charge in [0.1, 0.15) is 0 Å². The molecule has 4 aromatic carbocycles. The van der Waals surface area contributed by atoms with E-state index in [0.29, 0.717) is 13.1 Å². The van der Waals surface area contributed by atoms with Crippen LogP contribution in [0.15, 0.2) is 146 Å². The van der Waals surface area contributed by atoms with E-state index >= 15 is 0 Å². The van der Waals surface area contributed by atoms with Gasteiger partial charge in [0.2, 0.25) is 0 Å². The SMILES string of the molecule is NCc1nc(-c2ccccc2)ccc1-c1ccccc1.NCc1ncc(-c2ccccc2)cc1-c1ccccc1. The third kappa shape index (κ3) is 6.38. The predicted molar refractivity (Wildman–Crippen MR) is 166 cm³/mol. The average molecular weight is 521 g/mol. The molecule has 6 rings (SSSR count). The van der Waals surface area contributed by atoms with Gasteiger partial charge in [0.15, 0.2) is 0 Å².